The Morgan fingerprint density at radius 3 is 2.69 bits per heavy atom. The van der Waals surface area contributed by atoms with Gasteiger partial charge in [0.2, 0.25) is 0 Å². The van der Waals surface area contributed by atoms with E-state index < -0.39 is 9.84 Å². The third kappa shape index (κ3) is 1.92. The van der Waals surface area contributed by atoms with Crippen LogP contribution in [0.2, 0.25) is 0 Å². The minimum atomic E-state index is -2.91. The van der Waals surface area contributed by atoms with E-state index in [0.717, 1.165) is 19.5 Å². The first-order valence-electron chi connectivity index (χ1n) is 4.47. The number of hydrogen-bond donors (Lipinski definition) is 1. The SMILES string of the molecule is NC1CCN(C2C=CS(=O)(=O)C2)C1. The van der Waals surface area contributed by atoms with Crippen LogP contribution < -0.4 is 5.73 Å². The highest BCUT2D eigenvalue weighted by molar-refractivity contribution is 7.94. The van der Waals surface area contributed by atoms with E-state index >= 15 is 0 Å². The van der Waals surface area contributed by atoms with Crippen molar-refractivity contribution < 1.29 is 8.42 Å². The molecule has 2 aliphatic heterocycles. The van der Waals surface area contributed by atoms with E-state index in [1.807, 2.05) is 0 Å². The molecule has 2 unspecified atom stereocenters. The smallest absolute Gasteiger partial charge is 0.173 e. The van der Waals surface area contributed by atoms with Gasteiger partial charge in [0.05, 0.1) is 5.75 Å². The fourth-order valence-corrected chi connectivity index (χ4v) is 3.23. The first-order valence-corrected chi connectivity index (χ1v) is 6.19. The van der Waals surface area contributed by atoms with E-state index in [2.05, 4.69) is 4.90 Å². The van der Waals surface area contributed by atoms with Crippen molar-refractivity contribution in [2.75, 3.05) is 18.8 Å². The topological polar surface area (TPSA) is 63.4 Å². The Kier molecular flexibility index (Phi) is 2.17. The number of rotatable bonds is 1. The molecule has 2 rings (SSSR count). The zero-order valence-corrected chi connectivity index (χ0v) is 8.20. The molecule has 0 radical (unpaired) electrons. The average molecular weight is 202 g/mol. The van der Waals surface area contributed by atoms with E-state index in [-0.39, 0.29) is 17.8 Å². The first-order chi connectivity index (χ1) is 6.07. The lowest BCUT2D eigenvalue weighted by Gasteiger charge is -2.20. The number of sulfone groups is 1. The molecule has 2 heterocycles. The van der Waals surface area contributed by atoms with Crippen molar-refractivity contribution >= 4 is 9.84 Å². The third-order valence-electron chi connectivity index (χ3n) is 2.64. The summed E-state index contributed by atoms with van der Waals surface area (Å²) in [6, 6.07) is 0.287. The second-order valence-corrected chi connectivity index (χ2v) is 5.70. The molecule has 0 aromatic heterocycles. The Balaban J connectivity index is 2.02. The van der Waals surface area contributed by atoms with Gasteiger partial charge in [-0.1, -0.05) is 6.08 Å². The Morgan fingerprint density at radius 1 is 1.46 bits per heavy atom. The molecular formula is C8H14N2O2S. The lowest BCUT2D eigenvalue weighted by Crippen LogP contribution is -2.36. The standard InChI is InChI=1S/C8H14N2O2S/c9-7-1-3-10(5-7)8-2-4-13(11,12)6-8/h2,4,7-8H,1,3,5-6,9H2. The van der Waals surface area contributed by atoms with Gasteiger partial charge < -0.3 is 5.73 Å². The summed E-state index contributed by atoms with van der Waals surface area (Å²) in [6.07, 6.45) is 2.75. The molecule has 0 aliphatic carbocycles. The molecule has 1 saturated heterocycles. The summed E-state index contributed by atoms with van der Waals surface area (Å²) in [6.45, 7) is 1.75. The van der Waals surface area contributed by atoms with Crippen LogP contribution in [0.25, 0.3) is 0 Å². The molecule has 2 aliphatic rings. The average Bonchev–Trinajstić information content (AvgIpc) is 2.56. The van der Waals surface area contributed by atoms with Crippen LogP contribution in [0.15, 0.2) is 11.5 Å². The minimum absolute atomic E-state index is 0.0681. The number of nitrogens with two attached hydrogens (primary N) is 1. The van der Waals surface area contributed by atoms with Crippen molar-refractivity contribution in [2.24, 2.45) is 5.73 Å². The van der Waals surface area contributed by atoms with Crippen LogP contribution in [-0.2, 0) is 9.84 Å². The van der Waals surface area contributed by atoms with Gasteiger partial charge in [-0.2, -0.15) is 0 Å². The molecule has 4 nitrogen and oxygen atoms in total. The summed E-state index contributed by atoms with van der Waals surface area (Å²) in [5.74, 6) is 0.236. The molecule has 0 spiro atoms. The largest absolute Gasteiger partial charge is 0.326 e. The van der Waals surface area contributed by atoms with Crippen molar-refractivity contribution in [1.29, 1.82) is 0 Å². The van der Waals surface area contributed by atoms with E-state index in [9.17, 15) is 8.42 Å². The summed E-state index contributed by atoms with van der Waals surface area (Å²) in [4.78, 5) is 2.14. The van der Waals surface area contributed by atoms with Crippen LogP contribution in [-0.4, -0.2) is 44.2 Å². The molecular weight excluding hydrogens is 188 g/mol. The van der Waals surface area contributed by atoms with Crippen LogP contribution in [0.5, 0.6) is 0 Å². The normalized spacial score (nSPS) is 38.5. The Morgan fingerprint density at radius 2 is 2.23 bits per heavy atom. The molecule has 5 heteroatoms. The third-order valence-corrected chi connectivity index (χ3v) is 4.01. The molecule has 74 valence electrons. The van der Waals surface area contributed by atoms with Gasteiger partial charge in [-0.3, -0.25) is 4.90 Å². The Labute approximate surface area is 78.3 Å². The van der Waals surface area contributed by atoms with Gasteiger partial charge in [-0.05, 0) is 6.42 Å². The van der Waals surface area contributed by atoms with E-state index in [0.29, 0.717) is 0 Å². The van der Waals surface area contributed by atoms with Crippen LogP contribution in [0.1, 0.15) is 6.42 Å². The number of nitrogens with zero attached hydrogens (tertiary/aromatic N) is 1. The second kappa shape index (κ2) is 3.08. The zero-order valence-electron chi connectivity index (χ0n) is 7.39. The van der Waals surface area contributed by atoms with E-state index in [4.69, 9.17) is 5.73 Å². The van der Waals surface area contributed by atoms with Crippen molar-refractivity contribution in [3.63, 3.8) is 0 Å². The van der Waals surface area contributed by atoms with Gasteiger partial charge in [0.25, 0.3) is 0 Å². The van der Waals surface area contributed by atoms with Gasteiger partial charge in [0.1, 0.15) is 0 Å². The van der Waals surface area contributed by atoms with Crippen molar-refractivity contribution in [1.82, 2.24) is 4.90 Å². The maximum atomic E-state index is 11.1. The lowest BCUT2D eigenvalue weighted by atomic mass is 10.3. The second-order valence-electron chi connectivity index (χ2n) is 3.77. The fourth-order valence-electron chi connectivity index (χ4n) is 1.90. The van der Waals surface area contributed by atoms with Crippen molar-refractivity contribution in [3.05, 3.63) is 11.5 Å². The lowest BCUT2D eigenvalue weighted by molar-refractivity contribution is 0.300. The highest BCUT2D eigenvalue weighted by Gasteiger charge is 2.30. The maximum absolute atomic E-state index is 11.1. The van der Waals surface area contributed by atoms with E-state index in [1.165, 1.54) is 5.41 Å². The highest BCUT2D eigenvalue weighted by atomic mass is 32.2. The number of likely N-dealkylation sites (tertiary alicyclic amines) is 1. The molecule has 0 aromatic carbocycles. The van der Waals surface area contributed by atoms with Crippen molar-refractivity contribution in [2.45, 2.75) is 18.5 Å². The van der Waals surface area contributed by atoms with Gasteiger partial charge in [0, 0.05) is 30.6 Å². The number of hydrogen-bond acceptors (Lipinski definition) is 4. The molecule has 2 atom stereocenters. The quantitative estimate of drug-likeness (QED) is 0.612. The Hall–Kier alpha value is -0.390. The first kappa shape index (κ1) is 9.18. The summed E-state index contributed by atoms with van der Waals surface area (Å²) in [5, 5.41) is 1.32. The van der Waals surface area contributed by atoms with Crippen LogP contribution in [0.3, 0.4) is 0 Å². The predicted molar refractivity (Wildman–Crippen MR) is 50.9 cm³/mol. The molecule has 2 N–H and O–H groups in total. The zero-order chi connectivity index (χ0) is 9.47. The van der Waals surface area contributed by atoms with Crippen molar-refractivity contribution in [3.8, 4) is 0 Å². The molecule has 0 saturated carbocycles. The summed E-state index contributed by atoms with van der Waals surface area (Å²) < 4.78 is 22.3. The fraction of sp³-hybridized carbons (Fsp3) is 0.750. The van der Waals surface area contributed by atoms with Gasteiger partial charge in [-0.25, -0.2) is 8.42 Å². The van der Waals surface area contributed by atoms with Crippen LogP contribution in [0, 0.1) is 0 Å². The van der Waals surface area contributed by atoms with Crippen LogP contribution >= 0.6 is 0 Å². The molecule has 0 amide bonds. The molecule has 0 aromatic rings. The minimum Gasteiger partial charge on any atom is -0.326 e. The molecule has 13 heavy (non-hydrogen) atoms. The van der Waals surface area contributed by atoms with Gasteiger partial charge >= 0.3 is 0 Å². The molecule has 1 fully saturated rings. The summed E-state index contributed by atoms with van der Waals surface area (Å²) >= 11 is 0. The van der Waals surface area contributed by atoms with Crippen LogP contribution in [0.4, 0.5) is 0 Å². The molecule has 0 bridgehead atoms. The Bertz CT molecular complexity index is 323. The van der Waals surface area contributed by atoms with Gasteiger partial charge in [0.15, 0.2) is 9.84 Å². The van der Waals surface area contributed by atoms with Gasteiger partial charge in [-0.15, -0.1) is 0 Å². The predicted octanol–water partition coefficient (Wildman–Crippen LogP) is -0.670. The summed E-state index contributed by atoms with van der Waals surface area (Å²) in [7, 11) is -2.91. The maximum Gasteiger partial charge on any atom is 0.173 e. The summed E-state index contributed by atoms with van der Waals surface area (Å²) in [5.41, 5.74) is 5.75. The van der Waals surface area contributed by atoms with E-state index in [1.54, 1.807) is 6.08 Å². The highest BCUT2D eigenvalue weighted by Crippen LogP contribution is 2.18. The monoisotopic (exact) mass is 202 g/mol.